The van der Waals surface area contributed by atoms with Crippen LogP contribution >= 0.6 is 7.37 Å². The Morgan fingerprint density at radius 1 is 1.31 bits per heavy atom. The van der Waals surface area contributed by atoms with Gasteiger partial charge < -0.3 is 13.4 Å². The van der Waals surface area contributed by atoms with E-state index in [0.29, 0.717) is 5.76 Å². The maximum atomic E-state index is 12.2. The zero-order chi connectivity index (χ0) is 12.6. The molecule has 92 valence electrons. The van der Waals surface area contributed by atoms with E-state index in [4.69, 9.17) is 8.94 Å². The SMILES string of the molecule is Cc1oc(=O)oc1COP(C)(=O)C(C)(C)C. The average Bonchev–Trinajstić information content (AvgIpc) is 2.39. The fourth-order valence-electron chi connectivity index (χ4n) is 0.882. The Hall–Kier alpha value is -0.800. The third kappa shape index (κ3) is 2.86. The van der Waals surface area contributed by atoms with Crippen molar-refractivity contribution in [3.05, 3.63) is 22.1 Å². The van der Waals surface area contributed by atoms with Crippen molar-refractivity contribution < 1.29 is 17.9 Å². The Balaban J connectivity index is 2.76. The highest BCUT2D eigenvalue weighted by molar-refractivity contribution is 7.59. The van der Waals surface area contributed by atoms with Gasteiger partial charge in [0.15, 0.2) is 5.76 Å². The van der Waals surface area contributed by atoms with Crippen molar-refractivity contribution in [2.24, 2.45) is 0 Å². The van der Waals surface area contributed by atoms with Gasteiger partial charge in [-0.15, -0.1) is 0 Å². The van der Waals surface area contributed by atoms with Crippen LogP contribution in [-0.4, -0.2) is 11.8 Å². The molecule has 1 rings (SSSR count). The largest absolute Gasteiger partial charge is 0.519 e. The molecule has 1 heterocycles. The van der Waals surface area contributed by atoms with Gasteiger partial charge >= 0.3 is 5.82 Å². The molecule has 0 saturated heterocycles. The molecule has 0 fully saturated rings. The minimum absolute atomic E-state index is 0.0113. The highest BCUT2D eigenvalue weighted by atomic mass is 31.2. The van der Waals surface area contributed by atoms with Crippen LogP contribution < -0.4 is 5.82 Å². The van der Waals surface area contributed by atoms with Gasteiger partial charge in [-0.1, -0.05) is 20.8 Å². The van der Waals surface area contributed by atoms with Crippen LogP contribution in [0.5, 0.6) is 0 Å². The second-order valence-electron chi connectivity index (χ2n) is 4.72. The van der Waals surface area contributed by atoms with E-state index in [0.717, 1.165) is 0 Å². The third-order valence-corrected chi connectivity index (χ3v) is 5.56. The van der Waals surface area contributed by atoms with Crippen LogP contribution in [0.25, 0.3) is 0 Å². The summed E-state index contributed by atoms with van der Waals surface area (Å²) < 4.78 is 26.9. The lowest BCUT2D eigenvalue weighted by molar-refractivity contribution is 0.255. The predicted octanol–water partition coefficient (Wildman–Crippen LogP) is 2.76. The van der Waals surface area contributed by atoms with E-state index >= 15 is 0 Å². The van der Waals surface area contributed by atoms with E-state index in [1.165, 1.54) is 0 Å². The minimum atomic E-state index is -2.76. The lowest BCUT2D eigenvalue weighted by Gasteiger charge is -2.26. The first kappa shape index (κ1) is 13.3. The van der Waals surface area contributed by atoms with Crippen molar-refractivity contribution >= 4 is 7.37 Å². The van der Waals surface area contributed by atoms with E-state index in [9.17, 15) is 9.36 Å². The summed E-state index contributed by atoms with van der Waals surface area (Å²) in [5.41, 5.74) is 0. The van der Waals surface area contributed by atoms with Gasteiger partial charge in [-0.05, 0) is 6.92 Å². The molecule has 6 heteroatoms. The molecular weight excluding hydrogens is 231 g/mol. The molecule has 0 aliphatic heterocycles. The van der Waals surface area contributed by atoms with Crippen LogP contribution in [-0.2, 0) is 15.7 Å². The van der Waals surface area contributed by atoms with E-state index in [-0.39, 0.29) is 12.4 Å². The van der Waals surface area contributed by atoms with Crippen molar-refractivity contribution in [3.8, 4) is 0 Å². The first-order chi connectivity index (χ1) is 7.13. The second kappa shape index (κ2) is 4.22. The Kier molecular flexibility index (Phi) is 3.50. The standard InChI is InChI=1S/C10H17O5P/c1-7-8(15-9(11)14-7)6-13-16(5,12)10(2,3)4/h6H2,1-5H3. The number of hydrogen-bond acceptors (Lipinski definition) is 5. The van der Waals surface area contributed by atoms with Crippen LogP contribution in [0.1, 0.15) is 32.3 Å². The number of hydrogen-bond donors (Lipinski definition) is 0. The molecule has 0 amide bonds. The minimum Gasteiger partial charge on any atom is -0.396 e. The van der Waals surface area contributed by atoms with Crippen molar-refractivity contribution in [1.29, 1.82) is 0 Å². The van der Waals surface area contributed by atoms with Crippen molar-refractivity contribution in [2.45, 2.75) is 39.5 Å². The van der Waals surface area contributed by atoms with E-state index in [2.05, 4.69) is 4.42 Å². The summed E-state index contributed by atoms with van der Waals surface area (Å²) in [5.74, 6) is -0.118. The Morgan fingerprint density at radius 3 is 2.25 bits per heavy atom. The highest BCUT2D eigenvalue weighted by Gasteiger charge is 2.33. The normalized spacial score (nSPS) is 16.1. The highest BCUT2D eigenvalue weighted by Crippen LogP contribution is 2.55. The fraction of sp³-hybridized carbons (Fsp3) is 0.700. The molecule has 1 atom stereocenters. The molecule has 0 radical (unpaired) electrons. The van der Waals surface area contributed by atoms with Gasteiger partial charge in [0, 0.05) is 11.8 Å². The smallest absolute Gasteiger partial charge is 0.396 e. The predicted molar refractivity (Wildman–Crippen MR) is 60.1 cm³/mol. The Morgan fingerprint density at radius 2 is 1.88 bits per heavy atom. The lowest BCUT2D eigenvalue weighted by atomic mass is 10.3. The molecule has 0 aromatic carbocycles. The summed E-state index contributed by atoms with van der Waals surface area (Å²) in [7, 11) is -2.76. The zero-order valence-corrected chi connectivity index (χ0v) is 11.1. The molecule has 0 saturated carbocycles. The van der Waals surface area contributed by atoms with Crippen LogP contribution in [0.4, 0.5) is 0 Å². The lowest BCUT2D eigenvalue weighted by Crippen LogP contribution is -2.15. The van der Waals surface area contributed by atoms with Gasteiger partial charge in [-0.2, -0.15) is 0 Å². The maximum absolute atomic E-state index is 12.2. The molecule has 16 heavy (non-hydrogen) atoms. The van der Waals surface area contributed by atoms with Crippen LogP contribution in [0, 0.1) is 6.92 Å². The summed E-state index contributed by atoms with van der Waals surface area (Å²) >= 11 is 0. The molecular formula is C10H17O5P. The van der Waals surface area contributed by atoms with Gasteiger partial charge in [0.25, 0.3) is 0 Å². The maximum Gasteiger partial charge on any atom is 0.519 e. The quantitative estimate of drug-likeness (QED) is 0.769. The summed E-state index contributed by atoms with van der Waals surface area (Å²) in [6, 6.07) is 0. The Labute approximate surface area is 94.2 Å². The van der Waals surface area contributed by atoms with Gasteiger partial charge in [-0.25, -0.2) is 4.79 Å². The van der Waals surface area contributed by atoms with Crippen LogP contribution in [0.3, 0.4) is 0 Å². The summed E-state index contributed by atoms with van der Waals surface area (Å²) in [4.78, 5) is 10.8. The topological polar surface area (TPSA) is 69.7 Å². The number of rotatable bonds is 3. The van der Waals surface area contributed by atoms with Gasteiger partial charge in [0.05, 0.1) is 0 Å². The van der Waals surface area contributed by atoms with Gasteiger partial charge in [0.2, 0.25) is 7.37 Å². The number of aryl methyl sites for hydroxylation is 1. The molecule has 0 aliphatic carbocycles. The molecule has 1 unspecified atom stereocenters. The molecule has 0 spiro atoms. The van der Waals surface area contributed by atoms with Gasteiger partial charge in [0.1, 0.15) is 12.4 Å². The molecule has 1 aromatic rings. The molecule has 1 aromatic heterocycles. The summed E-state index contributed by atoms with van der Waals surface area (Å²) in [6.07, 6.45) is 0. The molecule has 0 N–H and O–H groups in total. The van der Waals surface area contributed by atoms with Gasteiger partial charge in [-0.3, -0.25) is 4.57 Å². The van der Waals surface area contributed by atoms with Crippen LogP contribution in [0.15, 0.2) is 13.6 Å². The van der Waals surface area contributed by atoms with E-state index in [1.54, 1.807) is 13.6 Å². The van der Waals surface area contributed by atoms with Crippen LogP contribution in [0.2, 0.25) is 0 Å². The first-order valence-electron chi connectivity index (χ1n) is 4.95. The van der Waals surface area contributed by atoms with Crippen molar-refractivity contribution in [1.82, 2.24) is 0 Å². The molecule has 0 aliphatic rings. The van der Waals surface area contributed by atoms with E-state index < -0.39 is 18.3 Å². The van der Waals surface area contributed by atoms with Crippen molar-refractivity contribution in [3.63, 3.8) is 0 Å². The summed E-state index contributed by atoms with van der Waals surface area (Å²) in [6.45, 7) is 8.68. The first-order valence-corrected chi connectivity index (χ1v) is 7.02. The zero-order valence-electron chi connectivity index (χ0n) is 10.2. The summed E-state index contributed by atoms with van der Waals surface area (Å²) in [5, 5.41) is -0.440. The monoisotopic (exact) mass is 248 g/mol. The van der Waals surface area contributed by atoms with E-state index in [1.807, 2.05) is 20.8 Å². The fourth-order valence-corrected chi connectivity index (χ4v) is 1.63. The Bertz CT molecular complexity index is 462. The molecule has 0 bridgehead atoms. The third-order valence-electron chi connectivity index (χ3n) is 2.50. The van der Waals surface area contributed by atoms with Crippen molar-refractivity contribution in [2.75, 3.05) is 6.66 Å². The second-order valence-corrected chi connectivity index (χ2v) is 8.02. The average molecular weight is 248 g/mol. The molecule has 5 nitrogen and oxygen atoms in total.